The lowest BCUT2D eigenvalue weighted by Gasteiger charge is -2.07. The molecule has 0 aliphatic carbocycles. The zero-order valence-corrected chi connectivity index (χ0v) is 10.3. The van der Waals surface area contributed by atoms with Crippen LogP contribution in [0.25, 0.3) is 0 Å². The van der Waals surface area contributed by atoms with E-state index in [2.05, 4.69) is 5.32 Å². The Labute approximate surface area is 97.0 Å². The van der Waals surface area contributed by atoms with E-state index >= 15 is 0 Å². The number of halogens is 1. The van der Waals surface area contributed by atoms with Crippen LogP contribution in [-0.2, 0) is 6.54 Å². The van der Waals surface area contributed by atoms with Crippen molar-refractivity contribution >= 4 is 26.4 Å². The van der Waals surface area contributed by atoms with Crippen molar-refractivity contribution in [2.45, 2.75) is 6.54 Å². The second-order valence-corrected chi connectivity index (χ2v) is 3.82. The number of ether oxygens (including phenoxy) is 1. The van der Waals surface area contributed by atoms with Gasteiger partial charge in [0.15, 0.2) is 0 Å². The molecule has 0 saturated heterocycles. The minimum absolute atomic E-state index is 0.00421. The summed E-state index contributed by atoms with van der Waals surface area (Å²) in [5, 5.41) is 3.04. The molecular formula is C10H12INO2. The number of carbonyl (C=O) groups is 1. The van der Waals surface area contributed by atoms with Crippen molar-refractivity contribution in [1.29, 1.82) is 0 Å². The van der Waals surface area contributed by atoms with Crippen LogP contribution in [0.3, 0.4) is 0 Å². The molecular weight excluding hydrogens is 293 g/mol. The van der Waals surface area contributed by atoms with Crippen LogP contribution in [0.4, 0.5) is 0 Å². The third kappa shape index (κ3) is 2.68. The molecule has 1 rings (SSSR count). The first kappa shape index (κ1) is 11.5. The molecule has 3 nitrogen and oxygen atoms in total. The monoisotopic (exact) mass is 305 g/mol. The molecule has 0 spiro atoms. The van der Waals surface area contributed by atoms with Gasteiger partial charge >= 0.3 is 0 Å². The van der Waals surface area contributed by atoms with Crippen molar-refractivity contribution in [2.24, 2.45) is 0 Å². The molecule has 0 aromatic heterocycles. The number of hydrogen-bond donors (Lipinski definition) is 1. The molecule has 0 saturated carbocycles. The van der Waals surface area contributed by atoms with Crippen LogP contribution < -0.4 is 10.1 Å². The summed E-state index contributed by atoms with van der Waals surface area (Å²) in [6, 6.07) is 5.59. The van der Waals surface area contributed by atoms with Gasteiger partial charge in [0.2, 0.25) is 3.79 Å². The smallest absolute Gasteiger partial charge is 0.226 e. The SMILES string of the molecule is CNCc1ccc(C(=O)I)c(OC)c1. The molecule has 0 heterocycles. The molecule has 1 N–H and O–H groups in total. The molecule has 1 aromatic carbocycles. The molecule has 0 atom stereocenters. The largest absolute Gasteiger partial charge is 0.496 e. The maximum atomic E-state index is 11.2. The van der Waals surface area contributed by atoms with E-state index in [0.717, 1.165) is 12.1 Å². The Balaban J connectivity index is 3.05. The fraction of sp³-hybridized carbons (Fsp3) is 0.300. The summed E-state index contributed by atoms with van der Waals surface area (Å²) in [6.07, 6.45) is 0. The number of rotatable bonds is 4. The summed E-state index contributed by atoms with van der Waals surface area (Å²) < 4.78 is 5.14. The fourth-order valence-corrected chi connectivity index (χ4v) is 1.66. The molecule has 0 amide bonds. The lowest BCUT2D eigenvalue weighted by atomic mass is 10.1. The Hall–Kier alpha value is -0.620. The van der Waals surface area contributed by atoms with Crippen LogP contribution in [-0.4, -0.2) is 17.9 Å². The Kier molecular flexibility index (Phi) is 4.34. The van der Waals surface area contributed by atoms with E-state index in [1.165, 1.54) is 0 Å². The second kappa shape index (κ2) is 5.31. The number of benzene rings is 1. The Morgan fingerprint density at radius 2 is 2.29 bits per heavy atom. The van der Waals surface area contributed by atoms with E-state index in [0.29, 0.717) is 11.3 Å². The van der Waals surface area contributed by atoms with Crippen LogP contribution in [0.5, 0.6) is 5.75 Å². The highest BCUT2D eigenvalue weighted by Crippen LogP contribution is 2.22. The maximum Gasteiger partial charge on any atom is 0.226 e. The lowest BCUT2D eigenvalue weighted by Crippen LogP contribution is -2.06. The summed E-state index contributed by atoms with van der Waals surface area (Å²) in [7, 11) is 3.45. The van der Waals surface area contributed by atoms with Crippen molar-refractivity contribution in [2.75, 3.05) is 14.2 Å². The number of nitrogens with one attached hydrogen (secondary N) is 1. The summed E-state index contributed by atoms with van der Waals surface area (Å²) >= 11 is 1.76. The number of carbonyl (C=O) groups excluding carboxylic acids is 1. The van der Waals surface area contributed by atoms with Gasteiger partial charge in [-0.15, -0.1) is 0 Å². The van der Waals surface area contributed by atoms with E-state index in [-0.39, 0.29) is 3.79 Å². The van der Waals surface area contributed by atoms with Gasteiger partial charge in [0.1, 0.15) is 5.75 Å². The maximum absolute atomic E-state index is 11.2. The number of methoxy groups -OCH3 is 1. The van der Waals surface area contributed by atoms with Gasteiger partial charge in [0.05, 0.1) is 12.7 Å². The molecule has 0 unspecified atom stereocenters. The van der Waals surface area contributed by atoms with E-state index in [9.17, 15) is 4.79 Å². The molecule has 76 valence electrons. The lowest BCUT2D eigenvalue weighted by molar-refractivity contribution is 0.110. The van der Waals surface area contributed by atoms with Gasteiger partial charge in [-0.05, 0) is 24.7 Å². The summed E-state index contributed by atoms with van der Waals surface area (Å²) in [5.74, 6) is 0.636. The molecule has 0 aliphatic rings. The van der Waals surface area contributed by atoms with Crippen LogP contribution in [0.2, 0.25) is 0 Å². The van der Waals surface area contributed by atoms with Crippen LogP contribution >= 0.6 is 22.6 Å². The van der Waals surface area contributed by atoms with Crippen molar-refractivity contribution in [3.8, 4) is 5.75 Å². The van der Waals surface area contributed by atoms with E-state index in [4.69, 9.17) is 4.74 Å². The molecule has 0 fully saturated rings. The number of hydrogen-bond acceptors (Lipinski definition) is 3. The van der Waals surface area contributed by atoms with Gasteiger partial charge in [0, 0.05) is 29.1 Å². The predicted molar refractivity (Wildman–Crippen MR) is 64.1 cm³/mol. The van der Waals surface area contributed by atoms with Gasteiger partial charge in [-0.3, -0.25) is 4.79 Å². The molecule has 0 aliphatic heterocycles. The average molecular weight is 305 g/mol. The van der Waals surface area contributed by atoms with Crippen LogP contribution in [0.1, 0.15) is 15.9 Å². The first-order valence-electron chi connectivity index (χ1n) is 4.20. The molecule has 0 bridgehead atoms. The zero-order chi connectivity index (χ0) is 10.6. The van der Waals surface area contributed by atoms with Crippen molar-refractivity contribution in [1.82, 2.24) is 5.32 Å². The normalized spacial score (nSPS) is 9.93. The zero-order valence-electron chi connectivity index (χ0n) is 8.13. The van der Waals surface area contributed by atoms with Gasteiger partial charge in [-0.25, -0.2) is 0 Å². The first-order valence-corrected chi connectivity index (χ1v) is 5.28. The second-order valence-electron chi connectivity index (χ2n) is 2.84. The van der Waals surface area contributed by atoms with E-state index in [1.807, 2.05) is 19.2 Å². The first-order chi connectivity index (χ1) is 6.69. The van der Waals surface area contributed by atoms with E-state index in [1.54, 1.807) is 35.8 Å². The fourth-order valence-electron chi connectivity index (χ4n) is 1.21. The summed E-state index contributed by atoms with van der Waals surface area (Å²) in [6.45, 7) is 0.770. The van der Waals surface area contributed by atoms with Gasteiger partial charge in [-0.2, -0.15) is 0 Å². The van der Waals surface area contributed by atoms with Crippen LogP contribution in [0.15, 0.2) is 18.2 Å². The molecule has 0 radical (unpaired) electrons. The van der Waals surface area contributed by atoms with Gasteiger partial charge in [0.25, 0.3) is 0 Å². The standard InChI is InChI=1S/C10H12INO2/c1-12-6-7-3-4-8(10(11)13)9(5-7)14-2/h3-5,12H,6H2,1-2H3. The predicted octanol–water partition coefficient (Wildman–Crippen LogP) is 1.99. The Bertz CT molecular complexity index is 339. The third-order valence-electron chi connectivity index (χ3n) is 1.86. The van der Waals surface area contributed by atoms with Crippen LogP contribution in [0, 0.1) is 0 Å². The Morgan fingerprint density at radius 3 is 2.79 bits per heavy atom. The minimum Gasteiger partial charge on any atom is -0.496 e. The Morgan fingerprint density at radius 1 is 1.57 bits per heavy atom. The van der Waals surface area contributed by atoms with E-state index < -0.39 is 0 Å². The topological polar surface area (TPSA) is 38.3 Å². The summed E-state index contributed by atoms with van der Waals surface area (Å²) in [5.41, 5.74) is 1.72. The van der Waals surface area contributed by atoms with Crippen molar-refractivity contribution in [3.05, 3.63) is 29.3 Å². The minimum atomic E-state index is -0.00421. The van der Waals surface area contributed by atoms with Gasteiger partial charge in [-0.1, -0.05) is 6.07 Å². The van der Waals surface area contributed by atoms with Crippen molar-refractivity contribution < 1.29 is 9.53 Å². The highest BCUT2D eigenvalue weighted by atomic mass is 127. The molecule has 1 aromatic rings. The van der Waals surface area contributed by atoms with Gasteiger partial charge < -0.3 is 10.1 Å². The quantitative estimate of drug-likeness (QED) is 0.683. The molecule has 4 heteroatoms. The average Bonchev–Trinajstić information content (AvgIpc) is 2.17. The highest BCUT2D eigenvalue weighted by molar-refractivity contribution is 14.1. The highest BCUT2D eigenvalue weighted by Gasteiger charge is 2.09. The summed E-state index contributed by atoms with van der Waals surface area (Å²) in [4.78, 5) is 11.2. The molecule has 14 heavy (non-hydrogen) atoms. The third-order valence-corrected chi connectivity index (χ3v) is 2.44. The van der Waals surface area contributed by atoms with Crippen molar-refractivity contribution in [3.63, 3.8) is 0 Å².